The first kappa shape index (κ1) is 11.2. The first-order valence-electron chi connectivity index (χ1n) is 6.73. The predicted molar refractivity (Wildman–Crippen MR) is 68.8 cm³/mol. The van der Waals surface area contributed by atoms with Crippen molar-refractivity contribution in [2.24, 2.45) is 5.92 Å². The van der Waals surface area contributed by atoms with Crippen LogP contribution in [-0.2, 0) is 0 Å². The van der Waals surface area contributed by atoms with Gasteiger partial charge in [-0.1, -0.05) is 29.8 Å². The zero-order valence-electron chi connectivity index (χ0n) is 10.4. The van der Waals surface area contributed by atoms with Crippen LogP contribution in [0.25, 0.3) is 0 Å². The second-order valence-corrected chi connectivity index (χ2v) is 5.73. The van der Waals surface area contributed by atoms with E-state index in [9.17, 15) is 5.11 Å². The highest BCUT2D eigenvalue weighted by Gasteiger charge is 2.36. The molecule has 2 nitrogen and oxygen atoms in total. The second-order valence-electron chi connectivity index (χ2n) is 5.73. The maximum absolute atomic E-state index is 10.5. The number of hydrogen-bond donors (Lipinski definition) is 2. The van der Waals surface area contributed by atoms with Crippen LogP contribution in [0, 0.1) is 12.8 Å². The van der Waals surface area contributed by atoms with Crippen LogP contribution in [-0.4, -0.2) is 17.2 Å². The third kappa shape index (κ3) is 2.24. The summed E-state index contributed by atoms with van der Waals surface area (Å²) >= 11 is 0. The van der Waals surface area contributed by atoms with E-state index in [0.717, 1.165) is 18.4 Å². The molecule has 0 spiro atoms. The quantitative estimate of drug-likeness (QED) is 0.820. The topological polar surface area (TPSA) is 32.3 Å². The first-order valence-corrected chi connectivity index (χ1v) is 6.73. The van der Waals surface area contributed by atoms with E-state index in [2.05, 4.69) is 30.4 Å². The Kier molecular flexibility index (Phi) is 2.93. The van der Waals surface area contributed by atoms with Gasteiger partial charge < -0.3 is 10.4 Å². The molecule has 0 amide bonds. The van der Waals surface area contributed by atoms with E-state index in [1.54, 1.807) is 0 Å². The Morgan fingerprint density at radius 2 is 1.94 bits per heavy atom. The average Bonchev–Trinajstić information content (AvgIpc) is 2.67. The molecular formula is C15H21NO. The number of aliphatic hydroxyl groups is 1. The van der Waals surface area contributed by atoms with Crippen molar-refractivity contribution in [1.82, 2.24) is 5.32 Å². The van der Waals surface area contributed by atoms with E-state index in [0.29, 0.717) is 18.0 Å². The number of benzene rings is 1. The molecule has 2 heteroatoms. The van der Waals surface area contributed by atoms with Crippen molar-refractivity contribution in [3.8, 4) is 0 Å². The van der Waals surface area contributed by atoms with Crippen LogP contribution in [0.1, 0.15) is 42.9 Å². The monoisotopic (exact) mass is 231 g/mol. The lowest BCUT2D eigenvalue weighted by atomic mass is 9.84. The third-order valence-electron chi connectivity index (χ3n) is 4.34. The highest BCUT2D eigenvalue weighted by atomic mass is 16.3. The lowest BCUT2D eigenvalue weighted by molar-refractivity contribution is 0.0760. The minimum absolute atomic E-state index is 0.278. The Bertz CT molecular complexity index is 392. The zero-order chi connectivity index (χ0) is 11.8. The van der Waals surface area contributed by atoms with Gasteiger partial charge in [0, 0.05) is 12.1 Å². The summed E-state index contributed by atoms with van der Waals surface area (Å²) in [7, 11) is 0. The molecule has 2 aliphatic heterocycles. The van der Waals surface area contributed by atoms with E-state index in [1.165, 1.54) is 18.4 Å². The molecule has 1 aromatic carbocycles. The van der Waals surface area contributed by atoms with Gasteiger partial charge >= 0.3 is 0 Å². The highest BCUT2D eigenvalue weighted by Crippen LogP contribution is 2.38. The highest BCUT2D eigenvalue weighted by molar-refractivity contribution is 5.24. The van der Waals surface area contributed by atoms with Crippen LogP contribution in [0.2, 0.25) is 0 Å². The fraction of sp³-hybridized carbons (Fsp3) is 0.600. The molecule has 0 aromatic heterocycles. The van der Waals surface area contributed by atoms with Crippen molar-refractivity contribution in [1.29, 1.82) is 0 Å². The lowest BCUT2D eigenvalue weighted by Gasteiger charge is -2.32. The molecule has 3 unspecified atom stereocenters. The van der Waals surface area contributed by atoms with Gasteiger partial charge in [0.05, 0.1) is 6.10 Å². The van der Waals surface area contributed by atoms with E-state index in [4.69, 9.17) is 0 Å². The fourth-order valence-electron chi connectivity index (χ4n) is 3.49. The van der Waals surface area contributed by atoms with Gasteiger partial charge in [0.2, 0.25) is 0 Å². The molecular weight excluding hydrogens is 210 g/mol. The van der Waals surface area contributed by atoms with Gasteiger partial charge in [-0.3, -0.25) is 0 Å². The summed E-state index contributed by atoms with van der Waals surface area (Å²) in [6.07, 6.45) is 4.57. The van der Waals surface area contributed by atoms with Gasteiger partial charge in [0.15, 0.2) is 0 Å². The van der Waals surface area contributed by atoms with Crippen LogP contribution in [0.3, 0.4) is 0 Å². The molecule has 0 radical (unpaired) electrons. The number of hydrogen-bond acceptors (Lipinski definition) is 2. The van der Waals surface area contributed by atoms with Gasteiger partial charge in [0.25, 0.3) is 0 Å². The maximum Gasteiger partial charge on any atom is 0.0819 e. The first-order chi connectivity index (χ1) is 8.22. The molecule has 17 heavy (non-hydrogen) atoms. The molecule has 0 aliphatic carbocycles. The fourth-order valence-corrected chi connectivity index (χ4v) is 3.49. The molecule has 2 bridgehead atoms. The summed E-state index contributed by atoms with van der Waals surface area (Å²) in [5, 5.41) is 14.1. The summed E-state index contributed by atoms with van der Waals surface area (Å²) < 4.78 is 0. The van der Waals surface area contributed by atoms with Gasteiger partial charge in [-0.25, -0.2) is 0 Å². The van der Waals surface area contributed by atoms with Crippen molar-refractivity contribution in [3.63, 3.8) is 0 Å². The molecule has 92 valence electrons. The minimum atomic E-state index is -0.278. The van der Waals surface area contributed by atoms with E-state index in [-0.39, 0.29) is 6.10 Å². The van der Waals surface area contributed by atoms with Crippen LogP contribution in [0.15, 0.2) is 24.3 Å². The summed E-state index contributed by atoms with van der Waals surface area (Å²) in [4.78, 5) is 0. The third-order valence-corrected chi connectivity index (χ3v) is 4.34. The number of rotatable bonds is 2. The van der Waals surface area contributed by atoms with Crippen molar-refractivity contribution >= 4 is 0 Å². The van der Waals surface area contributed by atoms with Gasteiger partial charge in [-0.05, 0) is 44.1 Å². The molecule has 2 saturated heterocycles. The van der Waals surface area contributed by atoms with Crippen molar-refractivity contribution < 1.29 is 5.11 Å². The number of aliphatic hydroxyl groups excluding tert-OH is 1. The van der Waals surface area contributed by atoms with Crippen molar-refractivity contribution in [2.75, 3.05) is 0 Å². The van der Waals surface area contributed by atoms with Crippen LogP contribution >= 0.6 is 0 Å². The van der Waals surface area contributed by atoms with Gasteiger partial charge in [-0.2, -0.15) is 0 Å². The second kappa shape index (κ2) is 4.43. The lowest BCUT2D eigenvalue weighted by Crippen LogP contribution is -2.39. The Balaban J connectivity index is 1.76. The van der Waals surface area contributed by atoms with Gasteiger partial charge in [0.1, 0.15) is 0 Å². The molecule has 2 heterocycles. The van der Waals surface area contributed by atoms with E-state index in [1.807, 2.05) is 6.07 Å². The Morgan fingerprint density at radius 1 is 1.24 bits per heavy atom. The number of fused-ring (bicyclic) bond motifs is 2. The number of nitrogens with one attached hydrogen (secondary N) is 1. The Morgan fingerprint density at radius 3 is 2.59 bits per heavy atom. The average molecular weight is 231 g/mol. The molecule has 2 N–H and O–H groups in total. The molecule has 3 atom stereocenters. The largest absolute Gasteiger partial charge is 0.388 e. The zero-order valence-corrected chi connectivity index (χ0v) is 10.4. The van der Waals surface area contributed by atoms with Gasteiger partial charge in [-0.15, -0.1) is 0 Å². The number of piperidine rings is 1. The van der Waals surface area contributed by atoms with Crippen molar-refractivity contribution in [2.45, 2.75) is 50.8 Å². The van der Waals surface area contributed by atoms with E-state index < -0.39 is 0 Å². The number of aryl methyl sites for hydroxylation is 1. The summed E-state index contributed by atoms with van der Waals surface area (Å²) in [6.45, 7) is 2.09. The SMILES string of the molecule is Cc1cccc(C(O)C2CC3CCC(C2)N3)c1. The predicted octanol–water partition coefficient (Wildman–Crippen LogP) is 2.56. The van der Waals surface area contributed by atoms with Crippen molar-refractivity contribution in [3.05, 3.63) is 35.4 Å². The summed E-state index contributed by atoms with van der Waals surface area (Å²) in [5.74, 6) is 0.440. The summed E-state index contributed by atoms with van der Waals surface area (Å²) in [6, 6.07) is 9.61. The molecule has 1 aromatic rings. The molecule has 2 fully saturated rings. The standard InChI is InChI=1S/C15H21NO/c1-10-3-2-4-11(7-10)15(17)12-8-13-5-6-14(9-12)16-13/h2-4,7,12-17H,5-6,8-9H2,1H3. The summed E-state index contributed by atoms with van der Waals surface area (Å²) in [5.41, 5.74) is 2.33. The maximum atomic E-state index is 10.5. The Labute approximate surface area is 103 Å². The van der Waals surface area contributed by atoms with E-state index >= 15 is 0 Å². The molecule has 0 saturated carbocycles. The Hall–Kier alpha value is -0.860. The van der Waals surface area contributed by atoms with Crippen LogP contribution < -0.4 is 5.32 Å². The minimum Gasteiger partial charge on any atom is -0.388 e. The van der Waals surface area contributed by atoms with Crippen LogP contribution in [0.5, 0.6) is 0 Å². The smallest absolute Gasteiger partial charge is 0.0819 e. The molecule has 3 rings (SSSR count). The molecule has 2 aliphatic rings. The normalized spacial score (nSPS) is 33.6. The van der Waals surface area contributed by atoms with Crippen LogP contribution in [0.4, 0.5) is 0 Å².